The van der Waals surface area contributed by atoms with Crippen molar-refractivity contribution in [2.75, 3.05) is 36.4 Å². The number of carbonyl (C=O) groups excluding carboxylic acids is 2. The first kappa shape index (κ1) is 17.6. The first-order valence-electron chi connectivity index (χ1n) is 9.43. The highest BCUT2D eigenvalue weighted by molar-refractivity contribution is 6.25. The monoisotopic (exact) mass is 367 g/mol. The van der Waals surface area contributed by atoms with Crippen molar-refractivity contribution in [2.45, 2.75) is 32.8 Å². The third-order valence-corrected chi connectivity index (χ3v) is 5.00. The van der Waals surface area contributed by atoms with Gasteiger partial charge in [-0.3, -0.25) is 4.79 Å². The maximum atomic E-state index is 12.4. The summed E-state index contributed by atoms with van der Waals surface area (Å²) in [6.07, 6.45) is 0.624. The van der Waals surface area contributed by atoms with Gasteiger partial charge in [-0.2, -0.15) is 0 Å². The van der Waals surface area contributed by atoms with Crippen molar-refractivity contribution < 1.29 is 14.3 Å². The molecular formula is C21H25N3O3. The first-order valence-corrected chi connectivity index (χ1v) is 9.43. The number of benzene rings is 2. The van der Waals surface area contributed by atoms with Gasteiger partial charge in [0.2, 0.25) is 0 Å². The topological polar surface area (TPSA) is 61.9 Å². The summed E-state index contributed by atoms with van der Waals surface area (Å²) >= 11 is 0. The molecule has 2 amide bonds. The summed E-state index contributed by atoms with van der Waals surface area (Å²) < 4.78 is 5.52. The van der Waals surface area contributed by atoms with Gasteiger partial charge in [0.15, 0.2) is 0 Å². The summed E-state index contributed by atoms with van der Waals surface area (Å²) in [4.78, 5) is 28.6. The molecule has 6 nitrogen and oxygen atoms in total. The Balaban J connectivity index is 1.58. The van der Waals surface area contributed by atoms with E-state index in [2.05, 4.69) is 16.3 Å². The van der Waals surface area contributed by atoms with E-state index < -0.39 is 5.60 Å². The molecule has 0 saturated carbocycles. The second kappa shape index (κ2) is 6.44. The molecule has 0 aliphatic carbocycles. The number of nitrogens with zero attached hydrogens (tertiary/aromatic N) is 2. The lowest BCUT2D eigenvalue weighted by Crippen LogP contribution is -2.39. The number of carbonyl (C=O) groups is 2. The second-order valence-corrected chi connectivity index (χ2v) is 8.12. The fraction of sp³-hybridized carbons (Fsp3) is 0.429. The highest BCUT2D eigenvalue weighted by Crippen LogP contribution is 2.38. The van der Waals surface area contributed by atoms with Crippen molar-refractivity contribution in [3.8, 4) is 0 Å². The minimum absolute atomic E-state index is 0.0419. The van der Waals surface area contributed by atoms with E-state index in [0.29, 0.717) is 13.1 Å². The summed E-state index contributed by atoms with van der Waals surface area (Å²) in [7, 11) is 0. The molecule has 1 saturated heterocycles. The van der Waals surface area contributed by atoms with E-state index >= 15 is 0 Å². The molecule has 0 unspecified atom stereocenters. The van der Waals surface area contributed by atoms with E-state index in [0.717, 1.165) is 47.2 Å². The number of amides is 2. The molecule has 6 heteroatoms. The number of anilines is 2. The van der Waals surface area contributed by atoms with Crippen LogP contribution >= 0.6 is 0 Å². The quantitative estimate of drug-likeness (QED) is 0.832. The number of ether oxygens (including phenoxy) is 1. The van der Waals surface area contributed by atoms with Crippen LogP contribution in [0.25, 0.3) is 10.8 Å². The van der Waals surface area contributed by atoms with Crippen molar-refractivity contribution in [3.63, 3.8) is 0 Å². The van der Waals surface area contributed by atoms with Crippen LogP contribution in [0, 0.1) is 0 Å². The summed E-state index contributed by atoms with van der Waals surface area (Å²) in [6, 6.07) is 9.90. The van der Waals surface area contributed by atoms with Gasteiger partial charge in [-0.1, -0.05) is 12.1 Å². The third-order valence-electron chi connectivity index (χ3n) is 5.00. The molecular weight excluding hydrogens is 342 g/mol. The van der Waals surface area contributed by atoms with Crippen molar-refractivity contribution in [1.82, 2.24) is 4.90 Å². The number of hydrogen-bond donors (Lipinski definition) is 1. The molecule has 142 valence electrons. The van der Waals surface area contributed by atoms with Crippen LogP contribution in [0.5, 0.6) is 0 Å². The molecule has 27 heavy (non-hydrogen) atoms. The molecule has 2 aliphatic heterocycles. The van der Waals surface area contributed by atoms with Crippen LogP contribution in [0.15, 0.2) is 30.3 Å². The van der Waals surface area contributed by atoms with Crippen LogP contribution in [0.4, 0.5) is 16.2 Å². The maximum Gasteiger partial charge on any atom is 0.410 e. The Kier molecular flexibility index (Phi) is 4.21. The summed E-state index contributed by atoms with van der Waals surface area (Å²) in [6.45, 7) is 8.56. The smallest absolute Gasteiger partial charge is 0.410 e. The predicted molar refractivity (Wildman–Crippen MR) is 107 cm³/mol. The van der Waals surface area contributed by atoms with Gasteiger partial charge in [0.25, 0.3) is 5.91 Å². The molecule has 0 aromatic heterocycles. The van der Waals surface area contributed by atoms with Gasteiger partial charge >= 0.3 is 6.09 Å². The zero-order chi connectivity index (χ0) is 19.2. The second-order valence-electron chi connectivity index (χ2n) is 8.12. The van der Waals surface area contributed by atoms with Gasteiger partial charge in [-0.05, 0) is 45.4 Å². The Morgan fingerprint density at radius 1 is 1.07 bits per heavy atom. The lowest BCUT2D eigenvalue weighted by molar-refractivity contribution is 0.0263. The molecule has 0 radical (unpaired) electrons. The highest BCUT2D eigenvalue weighted by Gasteiger charge is 2.27. The molecule has 4 rings (SSSR count). The minimum Gasteiger partial charge on any atom is -0.444 e. The molecule has 2 aromatic carbocycles. The molecule has 2 aromatic rings. The maximum absolute atomic E-state index is 12.4. The molecule has 0 bridgehead atoms. The normalized spacial score (nSPS) is 17.1. The fourth-order valence-corrected chi connectivity index (χ4v) is 3.82. The van der Waals surface area contributed by atoms with Crippen molar-refractivity contribution in [1.29, 1.82) is 0 Å². The van der Waals surface area contributed by atoms with Crippen molar-refractivity contribution in [3.05, 3.63) is 35.9 Å². The molecule has 1 fully saturated rings. The SMILES string of the molecule is CC(C)(C)OC(=O)N1CCCN(c2ccc3c4c(cccc24)NC3=O)CC1. The number of hydrogen-bond acceptors (Lipinski definition) is 4. The van der Waals surface area contributed by atoms with E-state index in [-0.39, 0.29) is 12.0 Å². The Hall–Kier alpha value is -2.76. The fourth-order valence-electron chi connectivity index (χ4n) is 3.82. The van der Waals surface area contributed by atoms with E-state index in [1.807, 2.05) is 45.0 Å². The average Bonchev–Trinajstić information content (AvgIpc) is 2.79. The Labute approximate surface area is 159 Å². The highest BCUT2D eigenvalue weighted by atomic mass is 16.6. The van der Waals surface area contributed by atoms with E-state index in [1.54, 1.807) is 4.90 Å². The molecule has 0 atom stereocenters. The van der Waals surface area contributed by atoms with Crippen LogP contribution in [-0.2, 0) is 4.74 Å². The van der Waals surface area contributed by atoms with Crippen molar-refractivity contribution in [2.24, 2.45) is 0 Å². The zero-order valence-electron chi connectivity index (χ0n) is 16.0. The van der Waals surface area contributed by atoms with Gasteiger partial charge in [0, 0.05) is 53.9 Å². The van der Waals surface area contributed by atoms with Crippen LogP contribution < -0.4 is 10.2 Å². The average molecular weight is 367 g/mol. The Morgan fingerprint density at radius 3 is 2.67 bits per heavy atom. The van der Waals surface area contributed by atoms with Crippen molar-refractivity contribution >= 4 is 34.1 Å². The first-order chi connectivity index (χ1) is 12.8. The van der Waals surface area contributed by atoms with Crippen LogP contribution in [0.1, 0.15) is 37.6 Å². The van der Waals surface area contributed by atoms with Crippen LogP contribution in [-0.4, -0.2) is 48.7 Å². The van der Waals surface area contributed by atoms with Gasteiger partial charge in [-0.25, -0.2) is 4.79 Å². The van der Waals surface area contributed by atoms with E-state index in [4.69, 9.17) is 4.74 Å². The third kappa shape index (κ3) is 3.31. The van der Waals surface area contributed by atoms with Gasteiger partial charge in [0.1, 0.15) is 5.60 Å². The molecule has 2 aliphatic rings. The lowest BCUT2D eigenvalue weighted by Gasteiger charge is -2.27. The zero-order valence-corrected chi connectivity index (χ0v) is 16.0. The molecule has 1 N–H and O–H groups in total. The van der Waals surface area contributed by atoms with E-state index in [9.17, 15) is 9.59 Å². The van der Waals surface area contributed by atoms with E-state index in [1.165, 1.54) is 0 Å². The number of nitrogens with one attached hydrogen (secondary N) is 1. The summed E-state index contributed by atoms with van der Waals surface area (Å²) in [5.41, 5.74) is 2.23. The largest absolute Gasteiger partial charge is 0.444 e. The van der Waals surface area contributed by atoms with Crippen LogP contribution in [0.3, 0.4) is 0 Å². The lowest BCUT2D eigenvalue weighted by atomic mass is 10.0. The summed E-state index contributed by atoms with van der Waals surface area (Å²) in [5, 5.41) is 5.00. The Morgan fingerprint density at radius 2 is 1.89 bits per heavy atom. The van der Waals surface area contributed by atoms with Crippen LogP contribution in [0.2, 0.25) is 0 Å². The molecule has 2 heterocycles. The minimum atomic E-state index is -0.486. The predicted octanol–water partition coefficient (Wildman–Crippen LogP) is 3.85. The van der Waals surface area contributed by atoms with Gasteiger partial charge in [0.05, 0.1) is 0 Å². The standard InChI is InChI=1S/C21H25N3O3/c1-21(2,3)27-20(26)24-11-5-10-23(12-13-24)17-9-8-15-18-14(17)6-4-7-16(18)22-19(15)25/h4,6-9H,5,10-13H2,1-3H3,(H,22,25). The number of rotatable bonds is 1. The van der Waals surface area contributed by atoms with Gasteiger partial charge < -0.3 is 19.9 Å². The molecule has 0 spiro atoms. The summed E-state index contributed by atoms with van der Waals surface area (Å²) in [5.74, 6) is -0.0419. The Bertz CT molecular complexity index is 917. The van der Waals surface area contributed by atoms with Gasteiger partial charge in [-0.15, -0.1) is 0 Å².